The van der Waals surface area contributed by atoms with Crippen LogP contribution < -0.4 is 64.6 Å². The summed E-state index contributed by atoms with van der Waals surface area (Å²) in [5.74, 6) is -12.3. The van der Waals surface area contributed by atoms with E-state index in [1.165, 1.54) is 20.8 Å². The van der Waals surface area contributed by atoms with Gasteiger partial charge in [-0.2, -0.15) is 13.2 Å². The molecular weight excluding hydrogens is 1900 g/mol. The number of amides is 15. The molecule has 36 nitrogen and oxygen atoms in total. The van der Waals surface area contributed by atoms with E-state index in [9.17, 15) is 99.5 Å². The Morgan fingerprint density at radius 2 is 0.823 bits per heavy atom. The molecule has 0 bridgehead atoms. The number of urea groups is 3. The Morgan fingerprint density at radius 3 is 1.17 bits per heavy atom. The lowest BCUT2D eigenvalue weighted by atomic mass is 9.80. The summed E-state index contributed by atoms with van der Waals surface area (Å²) in [4.78, 5) is 244. The van der Waals surface area contributed by atoms with Gasteiger partial charge in [0.1, 0.15) is 67.1 Å². The zero-order valence-corrected chi connectivity index (χ0v) is 88.5. The standard InChI is InChI=1S/C38H52F3N5O7.2C35H51N5O7/c1-7-19-42-32(49)29(47)25(17-18-38(39,40)41)43-31(48)28-26-24(37(26,5)6)20-46(28)33(50)30(36(2,3)4)45-35(52)44-27(23-15-11-12-16-23)34(51)53-21-22-13-9-8-10-14-22;1-33(2,3)27(39-32(46)38-24(20-15-10-9-11-16-20)31(45)47-34(4,5)6)30(44)40-18-21-23(35(21,7)8)25(40)29(43)37-22(26(41)28(36)42)17-19-13-12-14-19;1-8-19(2)25(32(45)47-18-21-12-10-9-11-13-21)38-33(46)39-28(34(3,4)5)31(44)40-17-22-24(35(22,6)7)26(40)30(43)37-23(16-20-14-15-20)27(41)29(36)42/h7-10,13-14,23-28,30H,1,11-12,15-21H2,2-6H3,(H,42,49)(H,43,48)(H2,44,45,52);9-11,15-16,19,21-25,27H,12-14,17-18H2,1-8H3,(H2,36,42)(H,37,43)(H2,38,39,46);9-13,19-20,22-26,28H,8,14-18H2,1-7H3,(H2,36,42)(H,37,43)(H2,38,39,46)/t24-,25?,26-,27-,28-,30+;21-,22?,23-,24+,25-,27+;19-,22+,23?,24+,25+,26+,28-/m001/s1. The number of benzene rings is 3. The van der Waals surface area contributed by atoms with Gasteiger partial charge in [0.05, 0.1) is 18.1 Å². The maximum absolute atomic E-state index is 14.4. The molecule has 6 saturated carbocycles. The Bertz CT molecular complexity index is 5330. The van der Waals surface area contributed by atoms with Crippen molar-refractivity contribution < 1.29 is 114 Å². The van der Waals surface area contributed by atoms with Gasteiger partial charge in [-0.05, 0) is 161 Å². The van der Waals surface area contributed by atoms with Gasteiger partial charge >= 0.3 is 42.2 Å². The largest absolute Gasteiger partial charge is 0.459 e. The molecule has 19 atom stereocenters. The van der Waals surface area contributed by atoms with Gasteiger partial charge in [0.2, 0.25) is 52.8 Å². The summed E-state index contributed by atoms with van der Waals surface area (Å²) in [5, 5.41) is 26.6. The van der Waals surface area contributed by atoms with Gasteiger partial charge in [-0.3, -0.25) is 57.5 Å². The lowest BCUT2D eigenvalue weighted by Crippen LogP contribution is -2.62. The first-order valence-corrected chi connectivity index (χ1v) is 51.3. The molecule has 3 heterocycles. The fourth-order valence-electron chi connectivity index (χ4n) is 21.4. The van der Waals surface area contributed by atoms with Gasteiger partial charge < -0.3 is 93.5 Å². The van der Waals surface area contributed by atoms with Gasteiger partial charge in [0, 0.05) is 32.6 Å². The van der Waals surface area contributed by atoms with Crippen LogP contribution in [0.15, 0.2) is 104 Å². The number of carbonyl (C=O) groups is 18. The summed E-state index contributed by atoms with van der Waals surface area (Å²) in [6.07, 6.45) is 3.39. The summed E-state index contributed by atoms with van der Waals surface area (Å²) in [5.41, 5.74) is 8.65. The van der Waals surface area contributed by atoms with E-state index in [1.54, 1.807) is 92.6 Å². The summed E-state index contributed by atoms with van der Waals surface area (Å²) < 4.78 is 56.4. The van der Waals surface area contributed by atoms with Crippen molar-refractivity contribution in [1.29, 1.82) is 0 Å². The highest BCUT2D eigenvalue weighted by Crippen LogP contribution is 2.67. The molecule has 12 rings (SSSR count). The maximum Gasteiger partial charge on any atom is 0.389 e. The number of alkyl halides is 3. The number of esters is 3. The fraction of sp³-hybridized carbons (Fsp3) is 0.648. The number of hydrogen-bond acceptors (Lipinski definition) is 21. The van der Waals surface area contributed by atoms with Crippen molar-refractivity contribution in [2.45, 2.75) is 326 Å². The third-order valence-corrected chi connectivity index (χ3v) is 30.9. The van der Waals surface area contributed by atoms with Crippen molar-refractivity contribution in [3.8, 4) is 0 Å². The monoisotopic (exact) mass is 2050 g/mol. The Kier molecular flexibility index (Phi) is 37.6. The summed E-state index contributed by atoms with van der Waals surface area (Å²) >= 11 is 0. The zero-order valence-electron chi connectivity index (χ0n) is 88.5. The van der Waals surface area contributed by atoms with E-state index >= 15 is 0 Å². The number of rotatable bonds is 40. The minimum Gasteiger partial charge on any atom is -0.459 e. The number of carbonyl (C=O) groups excluding carboxylic acids is 18. The van der Waals surface area contributed by atoms with Crippen LogP contribution in [0.25, 0.3) is 0 Å². The molecule has 3 aromatic carbocycles. The molecule has 3 unspecified atom stereocenters. The van der Waals surface area contributed by atoms with Crippen LogP contribution in [0, 0.1) is 91.7 Å². The predicted molar refractivity (Wildman–Crippen MR) is 537 cm³/mol. The molecule has 39 heteroatoms. The first-order chi connectivity index (χ1) is 68.4. The van der Waals surface area contributed by atoms with Crippen LogP contribution >= 0.6 is 0 Å². The van der Waals surface area contributed by atoms with Gasteiger partial charge in [-0.1, -0.05) is 266 Å². The molecule has 6 aliphatic carbocycles. The molecule has 0 spiro atoms. The number of ketones is 3. The summed E-state index contributed by atoms with van der Waals surface area (Å²) in [6, 6.07) is 11.5. The van der Waals surface area contributed by atoms with Crippen LogP contribution in [0.5, 0.6) is 0 Å². The van der Waals surface area contributed by atoms with Gasteiger partial charge in [0.25, 0.3) is 17.7 Å². The minimum atomic E-state index is -4.67. The first-order valence-electron chi connectivity index (χ1n) is 51.3. The predicted octanol–water partition coefficient (Wildman–Crippen LogP) is 9.86. The second kappa shape index (κ2) is 47.4. The van der Waals surface area contributed by atoms with Crippen LogP contribution in [0.2, 0.25) is 0 Å². The van der Waals surface area contributed by atoms with E-state index in [4.69, 9.17) is 25.7 Å². The number of ether oxygens (including phenoxy) is 3. The molecule has 147 heavy (non-hydrogen) atoms. The normalized spacial score (nSPS) is 23.2. The Balaban J connectivity index is 0.000000226. The Morgan fingerprint density at radius 1 is 0.456 bits per heavy atom. The van der Waals surface area contributed by atoms with E-state index in [0.29, 0.717) is 50.8 Å². The molecule has 808 valence electrons. The molecule has 0 aromatic heterocycles. The molecule has 3 aliphatic heterocycles. The highest BCUT2D eigenvalue weighted by molar-refractivity contribution is 6.39. The summed E-state index contributed by atoms with van der Waals surface area (Å²) in [6.45, 7) is 41.0. The molecule has 3 aromatic rings. The van der Waals surface area contributed by atoms with Crippen LogP contribution in [0.3, 0.4) is 0 Å². The Labute approximate surface area is 859 Å². The SMILES string of the molecule is C=CCNC(=O)C(=O)C(CCC(F)(F)F)NC(=O)[C@@H]1[C@@H]2[C@H](CN1C(=O)[C@@H](NC(=O)N[C@H](C(=O)OCc1ccccc1)C1CCCC1)C(C)(C)C)C2(C)C.CC(C)(C)OC(=O)[C@H](NC(=O)N[C@H](C(=O)N1C[C@H]2[C@@H]([C@H]1C(=O)NC(CC1CCC1)C(=O)C(N)=O)C2(C)C)C(C)(C)C)c1ccccc1.CC[C@@H](C)[C@H](NC(=O)N[C@H](C(=O)N1C[C@H]2[C@@H]([C@H]1C(=O)NC(CC1CC1)C(=O)C(N)=O)C2(C)C)C(C)(C)C)C(=O)OCc1ccccc1. The fourth-order valence-corrected chi connectivity index (χ4v) is 21.4. The van der Waals surface area contributed by atoms with Crippen LogP contribution in [-0.4, -0.2) is 226 Å². The van der Waals surface area contributed by atoms with Gasteiger partial charge in [0.15, 0.2) is 6.04 Å². The van der Waals surface area contributed by atoms with Crippen molar-refractivity contribution in [3.05, 3.63) is 120 Å². The zero-order chi connectivity index (χ0) is 109. The van der Waals surface area contributed by atoms with Crippen LogP contribution in [0.1, 0.15) is 251 Å². The molecular formula is C108H154F3N15O21. The van der Waals surface area contributed by atoms with Crippen molar-refractivity contribution in [1.82, 2.24) is 67.9 Å². The van der Waals surface area contributed by atoms with Gasteiger partial charge in [-0.25, -0.2) is 28.8 Å². The third-order valence-electron chi connectivity index (χ3n) is 30.9. The Hall–Kier alpha value is -12.4. The van der Waals surface area contributed by atoms with E-state index < -0.39 is 225 Å². The van der Waals surface area contributed by atoms with Crippen molar-refractivity contribution in [3.63, 3.8) is 0 Å². The number of likely N-dealkylation sites (tertiary alicyclic amines) is 3. The number of nitrogens with one attached hydrogen (secondary N) is 10. The van der Waals surface area contributed by atoms with E-state index in [0.717, 1.165) is 56.1 Å². The first kappa shape index (κ1) is 117. The minimum absolute atomic E-state index is 0.0224. The van der Waals surface area contributed by atoms with Crippen molar-refractivity contribution >= 4 is 107 Å². The number of halogens is 3. The van der Waals surface area contributed by atoms with E-state index in [-0.39, 0.29) is 96.3 Å². The van der Waals surface area contributed by atoms with Crippen molar-refractivity contribution in [2.75, 3.05) is 26.2 Å². The van der Waals surface area contributed by atoms with E-state index in [1.807, 2.05) is 137 Å². The van der Waals surface area contributed by atoms with E-state index in [2.05, 4.69) is 59.7 Å². The highest BCUT2D eigenvalue weighted by Gasteiger charge is 2.73. The molecule has 14 N–H and O–H groups in total. The summed E-state index contributed by atoms with van der Waals surface area (Å²) in [7, 11) is 0. The molecule has 15 amide bonds. The second-order valence-corrected chi connectivity index (χ2v) is 47.2. The highest BCUT2D eigenvalue weighted by atomic mass is 19.4. The topological polar surface area (TPSA) is 517 Å². The van der Waals surface area contributed by atoms with Crippen molar-refractivity contribution in [2.24, 2.45) is 103 Å². The molecule has 0 radical (unpaired) electrons. The molecule has 9 aliphatic rings. The average Bonchev–Trinajstić information content (AvgIpc) is 1.53. The maximum atomic E-state index is 14.4. The number of fused-ring (bicyclic) bond motifs is 3. The van der Waals surface area contributed by atoms with Crippen LogP contribution in [-0.2, 0) is 99.3 Å². The molecule has 3 saturated heterocycles. The van der Waals surface area contributed by atoms with Gasteiger partial charge in [-0.15, -0.1) is 6.58 Å². The quantitative estimate of drug-likeness (QED) is 0.0109. The van der Waals surface area contributed by atoms with Crippen LogP contribution in [0.4, 0.5) is 27.6 Å². The smallest absolute Gasteiger partial charge is 0.389 e. The number of hydrogen-bond donors (Lipinski definition) is 12. The third kappa shape index (κ3) is 29.8. The number of piperidine rings is 3. The lowest BCUT2D eigenvalue weighted by molar-refractivity contribution is -0.157. The lowest BCUT2D eigenvalue weighted by Gasteiger charge is -2.38. The number of nitrogens with zero attached hydrogens (tertiary/aromatic N) is 3. The number of primary amides is 2. The number of nitrogens with two attached hydrogens (primary N) is 2. The second-order valence-electron chi connectivity index (χ2n) is 47.2. The molecule has 9 fully saturated rings. The average molecular weight is 2060 g/mol. The number of Topliss-reactive ketones (excluding diaryl/α,β-unsaturated/α-hetero) is 3.